The van der Waals surface area contributed by atoms with Crippen LogP contribution in [0.4, 0.5) is 0 Å². The molecule has 0 spiro atoms. The second-order valence-electron chi connectivity index (χ2n) is 14.4. The van der Waals surface area contributed by atoms with Crippen LogP contribution in [0.25, 0.3) is 0 Å². The molecular weight excluding hydrogens is 689 g/mol. The minimum atomic E-state index is -0.309. The van der Waals surface area contributed by atoms with Crippen LogP contribution in [0.2, 0.25) is 0 Å². The first-order valence-electron chi connectivity index (χ1n) is 22.3. The third-order valence-electron chi connectivity index (χ3n) is 8.03. The molecule has 326 valence electrons. The lowest BCUT2D eigenvalue weighted by atomic mass is 10.1. The first-order chi connectivity index (χ1) is 26.1. The molecule has 0 radical (unpaired) electrons. The molecule has 0 aromatic rings. The van der Waals surface area contributed by atoms with E-state index in [1.165, 1.54) is 77.6 Å². The van der Waals surface area contributed by atoms with Crippen molar-refractivity contribution in [1.29, 1.82) is 0 Å². The number of ketones is 7. The molecule has 0 aliphatic rings. The monoisotopic (exact) mass is 781 g/mol. The number of carbonyl (C=O) groups is 7. The average molecular weight is 781 g/mol. The Balaban J connectivity index is -0.000000131. The Bertz CT molecular complexity index is 917. The van der Waals surface area contributed by atoms with Crippen LogP contribution in [0, 0.1) is 0 Å². The highest BCUT2D eigenvalue weighted by molar-refractivity contribution is 6.36. The van der Waals surface area contributed by atoms with Gasteiger partial charge in [-0.1, -0.05) is 145 Å². The maximum absolute atomic E-state index is 10.9. The van der Waals surface area contributed by atoms with Gasteiger partial charge in [0.25, 0.3) is 0 Å². The molecule has 0 saturated heterocycles. The standard InChI is InChI=1S/C9H18O.C8H14O2.C8H16O.C8H14O.C8H16O.C7H14O/c1-3-5-6-8-9(10)7-4-2;1-3-4-5-6-8(10)7(2)9;2*1-3-4-5-6-7-8(2)9;1-3-5-6-7-8(9)4-2;1-3-4-5-6-7(2)8/h3-8H2,1-2H3;3-6H2,1-2H3;3-7H2,1-2H3;6-7H,3-5H2,1-2H3;3-7H2,1-2H3;3-6H2,1-2H3. The number of rotatable bonds is 29. The summed E-state index contributed by atoms with van der Waals surface area (Å²) in [4.78, 5) is 73.7. The SMILES string of the molecule is CCCCC=CC(C)=O.CCCCCC(=O)C(C)=O.CCCCCC(=O)CC.CCCCCC(=O)CCC.CCCCCC(C)=O.CCCCCCC(C)=O. The average Bonchev–Trinajstić information content (AvgIpc) is 3.13. The van der Waals surface area contributed by atoms with Crippen molar-refractivity contribution in [3.05, 3.63) is 12.2 Å². The normalized spacial score (nSPS) is 9.67. The maximum atomic E-state index is 10.9. The highest BCUT2D eigenvalue weighted by Gasteiger charge is 2.05. The zero-order chi connectivity index (χ0) is 43.5. The minimum Gasteiger partial charge on any atom is -0.300 e. The van der Waals surface area contributed by atoms with Gasteiger partial charge in [-0.25, -0.2) is 0 Å². The topological polar surface area (TPSA) is 119 Å². The molecule has 0 atom stereocenters. The lowest BCUT2D eigenvalue weighted by Gasteiger charge is -1.96. The van der Waals surface area contributed by atoms with Gasteiger partial charge < -0.3 is 9.59 Å². The summed E-state index contributed by atoms with van der Waals surface area (Å²) in [5.74, 6) is 1.10. The molecule has 0 N–H and O–H groups in total. The number of hydrogen-bond acceptors (Lipinski definition) is 7. The summed E-state index contributed by atoms with van der Waals surface area (Å²) >= 11 is 0. The molecule has 0 bridgehead atoms. The van der Waals surface area contributed by atoms with Crippen LogP contribution in [0.3, 0.4) is 0 Å². The van der Waals surface area contributed by atoms with Crippen molar-refractivity contribution < 1.29 is 33.6 Å². The Labute approximate surface area is 341 Å². The van der Waals surface area contributed by atoms with Crippen molar-refractivity contribution in [2.24, 2.45) is 0 Å². The molecule has 0 amide bonds. The van der Waals surface area contributed by atoms with E-state index in [4.69, 9.17) is 0 Å². The first kappa shape index (κ1) is 64.3. The van der Waals surface area contributed by atoms with E-state index in [1.54, 1.807) is 26.8 Å². The molecule has 0 rings (SSSR count). The number of allylic oxidation sites excluding steroid dienone is 2. The summed E-state index contributed by atoms with van der Waals surface area (Å²) in [6.45, 7) is 23.0. The van der Waals surface area contributed by atoms with Crippen molar-refractivity contribution in [2.75, 3.05) is 0 Å². The third-order valence-corrected chi connectivity index (χ3v) is 8.03. The molecule has 0 fully saturated rings. The lowest BCUT2D eigenvalue weighted by molar-refractivity contribution is -0.135. The highest BCUT2D eigenvalue weighted by atomic mass is 16.2. The predicted molar refractivity (Wildman–Crippen MR) is 237 cm³/mol. The Morgan fingerprint density at radius 2 is 0.727 bits per heavy atom. The number of unbranched alkanes of at least 4 members (excludes halogenated alkanes) is 13. The third kappa shape index (κ3) is 85.1. The van der Waals surface area contributed by atoms with Gasteiger partial charge in [0, 0.05) is 51.9 Å². The number of Topliss-reactive ketones (excluding diaryl/α,β-unsaturated/α-hetero) is 6. The van der Waals surface area contributed by atoms with E-state index in [0.717, 1.165) is 89.9 Å². The van der Waals surface area contributed by atoms with Gasteiger partial charge in [-0.2, -0.15) is 0 Å². The van der Waals surface area contributed by atoms with Crippen molar-refractivity contribution in [2.45, 2.75) is 256 Å². The highest BCUT2D eigenvalue weighted by Crippen LogP contribution is 2.04. The van der Waals surface area contributed by atoms with Crippen molar-refractivity contribution in [1.82, 2.24) is 0 Å². The fourth-order valence-electron chi connectivity index (χ4n) is 4.43. The molecule has 0 aliphatic carbocycles. The van der Waals surface area contributed by atoms with Gasteiger partial charge in [0.2, 0.25) is 0 Å². The summed E-state index contributed by atoms with van der Waals surface area (Å²) in [5, 5.41) is 0. The Kier molecular flexibility index (Phi) is 68.0. The van der Waals surface area contributed by atoms with Gasteiger partial charge in [-0.3, -0.25) is 24.0 Å². The number of carbonyl (C=O) groups excluding carboxylic acids is 7. The summed E-state index contributed by atoms with van der Waals surface area (Å²) in [6, 6.07) is 0. The van der Waals surface area contributed by atoms with Crippen LogP contribution < -0.4 is 0 Å². The summed E-state index contributed by atoms with van der Waals surface area (Å²) < 4.78 is 0. The summed E-state index contributed by atoms with van der Waals surface area (Å²) in [5.41, 5.74) is 0. The van der Waals surface area contributed by atoms with Crippen LogP contribution in [-0.4, -0.2) is 40.5 Å². The summed E-state index contributed by atoms with van der Waals surface area (Å²) in [6.07, 6.45) is 31.4. The van der Waals surface area contributed by atoms with E-state index in [2.05, 4.69) is 48.5 Å². The van der Waals surface area contributed by atoms with Gasteiger partial charge in [0.05, 0.1) is 0 Å². The van der Waals surface area contributed by atoms with E-state index in [1.807, 2.05) is 13.0 Å². The van der Waals surface area contributed by atoms with Crippen LogP contribution in [0.15, 0.2) is 12.2 Å². The maximum Gasteiger partial charge on any atom is 0.198 e. The predicted octanol–water partition coefficient (Wildman–Crippen LogP) is 14.2. The summed E-state index contributed by atoms with van der Waals surface area (Å²) in [7, 11) is 0. The van der Waals surface area contributed by atoms with Gasteiger partial charge in [-0.05, 0) is 71.8 Å². The molecular formula is C48H92O7. The zero-order valence-electron chi connectivity index (χ0n) is 38.6. The van der Waals surface area contributed by atoms with Crippen LogP contribution in [-0.2, 0) is 33.6 Å². The largest absolute Gasteiger partial charge is 0.300 e. The van der Waals surface area contributed by atoms with Crippen molar-refractivity contribution >= 4 is 40.5 Å². The van der Waals surface area contributed by atoms with E-state index in [9.17, 15) is 33.6 Å². The molecule has 55 heavy (non-hydrogen) atoms. The van der Waals surface area contributed by atoms with Crippen LogP contribution in [0.5, 0.6) is 0 Å². The Hall–Kier alpha value is -2.57. The molecule has 0 aromatic carbocycles. The Morgan fingerprint density at radius 1 is 0.364 bits per heavy atom. The smallest absolute Gasteiger partial charge is 0.198 e. The van der Waals surface area contributed by atoms with Gasteiger partial charge in [0.1, 0.15) is 23.1 Å². The van der Waals surface area contributed by atoms with Crippen molar-refractivity contribution in [3.8, 4) is 0 Å². The molecule has 0 aliphatic heterocycles. The van der Waals surface area contributed by atoms with Crippen LogP contribution in [0.1, 0.15) is 256 Å². The molecule has 0 aromatic heterocycles. The zero-order valence-corrected chi connectivity index (χ0v) is 38.6. The van der Waals surface area contributed by atoms with E-state index in [0.29, 0.717) is 36.0 Å². The molecule has 0 saturated carbocycles. The second-order valence-corrected chi connectivity index (χ2v) is 14.4. The second kappa shape index (κ2) is 58.1. The molecule has 0 unspecified atom stereocenters. The lowest BCUT2D eigenvalue weighted by Crippen LogP contribution is -2.08. The van der Waals surface area contributed by atoms with Crippen molar-refractivity contribution in [3.63, 3.8) is 0 Å². The molecule has 7 nitrogen and oxygen atoms in total. The van der Waals surface area contributed by atoms with Crippen LogP contribution >= 0.6 is 0 Å². The van der Waals surface area contributed by atoms with E-state index < -0.39 is 0 Å². The first-order valence-corrected chi connectivity index (χ1v) is 22.3. The number of hydrogen-bond donors (Lipinski definition) is 0. The molecule has 0 heterocycles. The van der Waals surface area contributed by atoms with E-state index >= 15 is 0 Å². The molecule has 7 heteroatoms. The quantitative estimate of drug-likeness (QED) is 0.0421. The van der Waals surface area contributed by atoms with Gasteiger partial charge >= 0.3 is 0 Å². The fraction of sp³-hybridized carbons (Fsp3) is 0.812. The van der Waals surface area contributed by atoms with E-state index in [-0.39, 0.29) is 17.3 Å². The Morgan fingerprint density at radius 3 is 1.07 bits per heavy atom. The van der Waals surface area contributed by atoms with Gasteiger partial charge in [-0.15, -0.1) is 0 Å². The fourth-order valence-corrected chi connectivity index (χ4v) is 4.43. The van der Waals surface area contributed by atoms with Gasteiger partial charge in [0.15, 0.2) is 17.3 Å². The minimum absolute atomic E-state index is 0.145.